The number of fused-ring (bicyclic) bond motifs is 1. The van der Waals surface area contributed by atoms with Crippen molar-refractivity contribution in [2.24, 2.45) is 5.92 Å². The Balaban J connectivity index is 1.91. The highest BCUT2D eigenvalue weighted by molar-refractivity contribution is 5.86. The molecule has 7 heteroatoms. The van der Waals surface area contributed by atoms with E-state index in [0.29, 0.717) is 18.7 Å². The molecule has 1 aliphatic heterocycles. The van der Waals surface area contributed by atoms with Crippen LogP contribution in [0.3, 0.4) is 0 Å². The quantitative estimate of drug-likeness (QED) is 0.911. The Morgan fingerprint density at radius 2 is 2.08 bits per heavy atom. The van der Waals surface area contributed by atoms with Crippen LogP contribution >= 0.6 is 0 Å². The Kier molecular flexibility index (Phi) is 4.80. The third kappa shape index (κ3) is 3.34. The average molecular weight is 359 g/mol. The number of amides is 1. The van der Waals surface area contributed by atoms with Crippen LogP contribution in [0.25, 0.3) is 0 Å². The Morgan fingerprint density at radius 1 is 1.35 bits per heavy atom. The summed E-state index contributed by atoms with van der Waals surface area (Å²) in [6.45, 7) is 6.04. The van der Waals surface area contributed by atoms with E-state index in [0.717, 1.165) is 11.1 Å². The molecule has 1 aromatic carbocycles. The van der Waals surface area contributed by atoms with Gasteiger partial charge >= 0.3 is 5.97 Å². The lowest BCUT2D eigenvalue weighted by atomic mass is 9.86. The first-order chi connectivity index (χ1) is 12.3. The van der Waals surface area contributed by atoms with Crippen LogP contribution in [0.5, 0.6) is 0 Å². The van der Waals surface area contributed by atoms with E-state index in [4.69, 9.17) is 0 Å². The second-order valence-electron chi connectivity index (χ2n) is 7.00. The number of hydrogen-bond donors (Lipinski definition) is 1. The third-order valence-electron chi connectivity index (χ3n) is 4.74. The van der Waals surface area contributed by atoms with Gasteiger partial charge in [0.15, 0.2) is 0 Å². The van der Waals surface area contributed by atoms with Crippen LogP contribution in [0, 0.1) is 18.7 Å². The minimum Gasteiger partial charge on any atom is -0.477 e. The van der Waals surface area contributed by atoms with Crippen LogP contribution in [-0.2, 0) is 17.8 Å². The SMILES string of the molecule is Cc1cc(C(=O)O)n(CC(=O)N2CCc3ccc(F)cc3C2C(C)C)n1. The summed E-state index contributed by atoms with van der Waals surface area (Å²) >= 11 is 0. The van der Waals surface area contributed by atoms with Crippen LogP contribution in [0.2, 0.25) is 0 Å². The smallest absolute Gasteiger partial charge is 0.354 e. The maximum absolute atomic E-state index is 13.8. The minimum atomic E-state index is -1.12. The van der Waals surface area contributed by atoms with Gasteiger partial charge in [-0.25, -0.2) is 13.9 Å². The molecular formula is C19H22FN3O3. The first kappa shape index (κ1) is 18.1. The van der Waals surface area contributed by atoms with Crippen LogP contribution in [0.15, 0.2) is 24.3 Å². The van der Waals surface area contributed by atoms with Crippen LogP contribution in [-0.4, -0.2) is 38.2 Å². The van der Waals surface area contributed by atoms with Crippen molar-refractivity contribution in [1.29, 1.82) is 0 Å². The monoisotopic (exact) mass is 359 g/mol. The van der Waals surface area contributed by atoms with Crippen LogP contribution < -0.4 is 0 Å². The van der Waals surface area contributed by atoms with Crippen molar-refractivity contribution in [1.82, 2.24) is 14.7 Å². The number of benzene rings is 1. The van der Waals surface area contributed by atoms with Gasteiger partial charge in [-0.2, -0.15) is 5.10 Å². The summed E-state index contributed by atoms with van der Waals surface area (Å²) in [4.78, 5) is 26.0. The predicted molar refractivity (Wildman–Crippen MR) is 93.3 cm³/mol. The molecule has 2 aromatic rings. The van der Waals surface area contributed by atoms with Gasteiger partial charge in [0.25, 0.3) is 0 Å². The molecule has 3 rings (SSSR count). The maximum atomic E-state index is 13.8. The van der Waals surface area contributed by atoms with Gasteiger partial charge in [0, 0.05) is 6.54 Å². The lowest BCUT2D eigenvalue weighted by Crippen LogP contribution is -2.44. The second kappa shape index (κ2) is 6.90. The van der Waals surface area contributed by atoms with Crippen molar-refractivity contribution < 1.29 is 19.1 Å². The summed E-state index contributed by atoms with van der Waals surface area (Å²) in [5.41, 5.74) is 2.41. The normalized spacial score (nSPS) is 16.7. The topological polar surface area (TPSA) is 75.4 Å². The van der Waals surface area contributed by atoms with E-state index >= 15 is 0 Å². The number of halogens is 1. The fraction of sp³-hybridized carbons (Fsp3) is 0.421. The first-order valence-electron chi connectivity index (χ1n) is 8.63. The molecule has 138 valence electrons. The summed E-state index contributed by atoms with van der Waals surface area (Å²) in [7, 11) is 0. The van der Waals surface area contributed by atoms with Gasteiger partial charge in [-0.3, -0.25) is 4.79 Å². The van der Waals surface area contributed by atoms with Crippen molar-refractivity contribution in [3.05, 3.63) is 52.6 Å². The zero-order chi connectivity index (χ0) is 19.0. The zero-order valence-electron chi connectivity index (χ0n) is 15.1. The largest absolute Gasteiger partial charge is 0.477 e. The Bertz CT molecular complexity index is 860. The van der Waals surface area contributed by atoms with Crippen molar-refractivity contribution in [2.75, 3.05) is 6.54 Å². The number of aryl methyl sites for hydroxylation is 1. The van der Waals surface area contributed by atoms with E-state index in [2.05, 4.69) is 5.10 Å². The van der Waals surface area contributed by atoms with Gasteiger partial charge in [0.05, 0.1) is 11.7 Å². The number of aromatic nitrogens is 2. The van der Waals surface area contributed by atoms with Crippen LogP contribution in [0.1, 0.15) is 47.2 Å². The molecule has 1 unspecified atom stereocenters. The molecule has 1 aromatic heterocycles. The predicted octanol–water partition coefficient (Wildman–Crippen LogP) is 2.81. The van der Waals surface area contributed by atoms with Gasteiger partial charge in [0.1, 0.15) is 18.1 Å². The van der Waals surface area contributed by atoms with Crippen molar-refractivity contribution >= 4 is 11.9 Å². The number of hydrogen-bond acceptors (Lipinski definition) is 3. The highest BCUT2D eigenvalue weighted by atomic mass is 19.1. The van der Waals surface area contributed by atoms with Crippen LogP contribution in [0.4, 0.5) is 4.39 Å². The fourth-order valence-electron chi connectivity index (χ4n) is 3.67. The molecule has 2 heterocycles. The second-order valence-corrected chi connectivity index (χ2v) is 7.00. The van der Waals surface area contributed by atoms with Crippen molar-refractivity contribution in [3.8, 4) is 0 Å². The highest BCUT2D eigenvalue weighted by Gasteiger charge is 2.33. The molecule has 0 radical (unpaired) electrons. The van der Waals surface area contributed by atoms with Gasteiger partial charge in [-0.15, -0.1) is 0 Å². The van der Waals surface area contributed by atoms with E-state index in [1.807, 2.05) is 13.8 Å². The van der Waals surface area contributed by atoms with E-state index in [-0.39, 0.29) is 35.9 Å². The number of carboxylic acid groups (broad SMARTS) is 1. The molecule has 0 spiro atoms. The Morgan fingerprint density at radius 3 is 2.73 bits per heavy atom. The molecule has 0 saturated heterocycles. The lowest BCUT2D eigenvalue weighted by molar-refractivity contribution is -0.136. The summed E-state index contributed by atoms with van der Waals surface area (Å²) in [6, 6.07) is 5.92. The van der Waals surface area contributed by atoms with Gasteiger partial charge in [-0.1, -0.05) is 19.9 Å². The van der Waals surface area contributed by atoms with Crippen molar-refractivity contribution in [3.63, 3.8) is 0 Å². The number of aromatic carboxylic acids is 1. The summed E-state index contributed by atoms with van der Waals surface area (Å²) in [5.74, 6) is -1.56. The molecule has 0 aliphatic carbocycles. The van der Waals surface area contributed by atoms with Crippen molar-refractivity contribution in [2.45, 2.75) is 39.8 Å². The molecule has 0 fully saturated rings. The maximum Gasteiger partial charge on any atom is 0.354 e. The van der Waals surface area contributed by atoms with Gasteiger partial charge in [0.2, 0.25) is 5.91 Å². The highest BCUT2D eigenvalue weighted by Crippen LogP contribution is 2.35. The standard InChI is InChI=1S/C19H22FN3O3/c1-11(2)18-15-9-14(20)5-4-13(15)6-7-22(18)17(24)10-23-16(19(25)26)8-12(3)21-23/h4-5,8-9,11,18H,6-7,10H2,1-3H3,(H,25,26). The number of rotatable bonds is 4. The molecule has 1 aliphatic rings. The number of carbonyl (C=O) groups excluding carboxylic acids is 1. The van der Waals surface area contributed by atoms with E-state index in [9.17, 15) is 19.1 Å². The molecule has 1 atom stereocenters. The molecule has 1 N–H and O–H groups in total. The zero-order valence-corrected chi connectivity index (χ0v) is 15.1. The van der Waals surface area contributed by atoms with Gasteiger partial charge in [-0.05, 0) is 48.6 Å². The fourth-order valence-corrected chi connectivity index (χ4v) is 3.67. The Hall–Kier alpha value is -2.70. The number of carboxylic acids is 1. The molecule has 6 nitrogen and oxygen atoms in total. The van der Waals surface area contributed by atoms with E-state index in [1.165, 1.54) is 22.9 Å². The average Bonchev–Trinajstić information content (AvgIpc) is 2.93. The summed E-state index contributed by atoms with van der Waals surface area (Å²) in [6.07, 6.45) is 0.647. The van der Waals surface area contributed by atoms with E-state index < -0.39 is 5.97 Å². The third-order valence-corrected chi connectivity index (χ3v) is 4.74. The molecular weight excluding hydrogens is 337 g/mol. The number of carbonyl (C=O) groups is 2. The first-order valence-corrected chi connectivity index (χ1v) is 8.63. The number of nitrogens with zero attached hydrogens (tertiary/aromatic N) is 3. The summed E-state index contributed by atoms with van der Waals surface area (Å²) < 4.78 is 15.0. The summed E-state index contributed by atoms with van der Waals surface area (Å²) in [5, 5.41) is 13.4. The molecule has 0 saturated carbocycles. The molecule has 26 heavy (non-hydrogen) atoms. The minimum absolute atomic E-state index is 0.0135. The van der Waals surface area contributed by atoms with E-state index in [1.54, 1.807) is 17.9 Å². The molecule has 0 bridgehead atoms. The lowest BCUT2D eigenvalue weighted by Gasteiger charge is -2.40. The van der Waals surface area contributed by atoms with Gasteiger partial charge < -0.3 is 10.0 Å². The Labute approximate surface area is 151 Å². The molecule has 1 amide bonds.